The van der Waals surface area contributed by atoms with E-state index in [-0.39, 0.29) is 47.7 Å². The van der Waals surface area contributed by atoms with E-state index < -0.39 is 71.3 Å². The number of ether oxygens (including phenoxy) is 3. The Hall–Kier alpha value is -4.10. The van der Waals surface area contributed by atoms with E-state index in [1.54, 1.807) is 12.1 Å². The molecule has 0 spiro atoms. The number of amides is 2. The fourth-order valence-corrected chi connectivity index (χ4v) is 5.38. The van der Waals surface area contributed by atoms with Crippen molar-refractivity contribution in [2.24, 2.45) is 10.9 Å². The van der Waals surface area contributed by atoms with Crippen LogP contribution in [-0.4, -0.2) is 74.5 Å². The van der Waals surface area contributed by atoms with Crippen molar-refractivity contribution in [3.8, 4) is 0 Å². The Morgan fingerprint density at radius 3 is 2.26 bits per heavy atom. The number of nitrogens with zero attached hydrogens (tertiary/aromatic N) is 2. The van der Waals surface area contributed by atoms with E-state index >= 15 is 0 Å². The first kappa shape index (κ1) is 31.8. The smallest absolute Gasteiger partial charge is 0.417 e. The molecular formula is C29H25ClF4N2O7. The number of fused-ring (bicyclic) bond motifs is 1. The summed E-state index contributed by atoms with van der Waals surface area (Å²) in [6, 6.07) is 9.21. The molecule has 0 bridgehead atoms. The summed E-state index contributed by atoms with van der Waals surface area (Å²) >= 11 is 6.21. The summed E-state index contributed by atoms with van der Waals surface area (Å²) in [5.41, 5.74) is -2.11. The van der Waals surface area contributed by atoms with E-state index in [1.165, 1.54) is 25.1 Å². The van der Waals surface area contributed by atoms with E-state index in [1.807, 2.05) is 0 Å². The number of hydrogen-bond acceptors (Lipinski definition) is 8. The standard InChI is InChI=1S/C29H25ClF4N2O7/c1-3-43-28(40)23-20(14-42-12-11-36-25(37)15-7-4-5-8-16(15)26(36)38)35-19(13-31)22(27(39)41-2)21(23)17-9-6-10-18(24(17)30)29(32,33)34/h4-10,21-22H,3,11-14H2,1-2H3. The fourth-order valence-electron chi connectivity index (χ4n) is 5.03. The molecule has 0 aliphatic carbocycles. The molecule has 0 fully saturated rings. The van der Waals surface area contributed by atoms with Gasteiger partial charge in [0.25, 0.3) is 11.8 Å². The summed E-state index contributed by atoms with van der Waals surface area (Å²) in [6.07, 6.45) is -4.89. The molecular weight excluding hydrogens is 600 g/mol. The molecule has 2 heterocycles. The average Bonchev–Trinajstić information content (AvgIpc) is 3.22. The number of halogens is 5. The molecule has 0 N–H and O–H groups in total. The van der Waals surface area contributed by atoms with Crippen LogP contribution in [0.1, 0.15) is 44.7 Å². The first-order valence-corrected chi connectivity index (χ1v) is 13.3. The molecule has 4 rings (SSSR count). The molecule has 0 radical (unpaired) electrons. The second kappa shape index (κ2) is 13.0. The molecule has 14 heteroatoms. The van der Waals surface area contributed by atoms with E-state index in [2.05, 4.69) is 4.99 Å². The number of benzene rings is 2. The third-order valence-electron chi connectivity index (χ3n) is 6.93. The van der Waals surface area contributed by atoms with Gasteiger partial charge in [-0.05, 0) is 30.7 Å². The summed E-state index contributed by atoms with van der Waals surface area (Å²) < 4.78 is 71.2. The van der Waals surface area contributed by atoms with Crippen LogP contribution in [0.4, 0.5) is 17.6 Å². The highest BCUT2D eigenvalue weighted by Gasteiger charge is 2.46. The molecule has 2 amide bonds. The summed E-state index contributed by atoms with van der Waals surface area (Å²) in [4.78, 5) is 56.5. The van der Waals surface area contributed by atoms with E-state index in [4.69, 9.17) is 25.8 Å². The maximum atomic E-state index is 14.3. The highest BCUT2D eigenvalue weighted by Crippen LogP contribution is 2.46. The summed E-state index contributed by atoms with van der Waals surface area (Å²) in [5, 5.41) is -0.804. The molecule has 43 heavy (non-hydrogen) atoms. The highest BCUT2D eigenvalue weighted by atomic mass is 35.5. The summed E-state index contributed by atoms with van der Waals surface area (Å²) in [6.45, 7) is -0.909. The minimum atomic E-state index is -4.89. The molecule has 2 atom stereocenters. The van der Waals surface area contributed by atoms with Gasteiger partial charge in [0, 0.05) is 5.92 Å². The third-order valence-corrected chi connectivity index (χ3v) is 7.35. The Kier molecular flexibility index (Phi) is 9.65. The van der Waals surface area contributed by atoms with E-state index in [0.717, 1.165) is 24.1 Å². The molecule has 0 saturated carbocycles. The predicted octanol–water partition coefficient (Wildman–Crippen LogP) is 4.79. The van der Waals surface area contributed by atoms with Crippen LogP contribution in [0.2, 0.25) is 5.02 Å². The first-order valence-electron chi connectivity index (χ1n) is 13.0. The number of carbonyl (C=O) groups is 4. The van der Waals surface area contributed by atoms with Crippen molar-refractivity contribution in [1.82, 2.24) is 4.90 Å². The van der Waals surface area contributed by atoms with Crippen molar-refractivity contribution >= 4 is 41.1 Å². The number of rotatable bonds is 10. The largest absolute Gasteiger partial charge is 0.468 e. The Morgan fingerprint density at radius 1 is 1.05 bits per heavy atom. The van der Waals surface area contributed by atoms with Gasteiger partial charge in [-0.1, -0.05) is 35.9 Å². The number of carbonyl (C=O) groups excluding carboxylic acids is 4. The lowest BCUT2D eigenvalue weighted by molar-refractivity contribution is -0.144. The van der Waals surface area contributed by atoms with Crippen LogP contribution in [0.25, 0.3) is 0 Å². The van der Waals surface area contributed by atoms with Crippen LogP contribution in [0.15, 0.2) is 58.7 Å². The van der Waals surface area contributed by atoms with Crippen LogP contribution in [0.3, 0.4) is 0 Å². The lowest BCUT2D eigenvalue weighted by atomic mass is 9.75. The predicted molar refractivity (Wildman–Crippen MR) is 144 cm³/mol. The number of aliphatic imine (C=N–C) groups is 1. The molecule has 0 saturated heterocycles. The monoisotopic (exact) mass is 624 g/mol. The number of imide groups is 1. The van der Waals surface area contributed by atoms with E-state index in [0.29, 0.717) is 0 Å². The van der Waals surface area contributed by atoms with Crippen LogP contribution in [0, 0.1) is 5.92 Å². The van der Waals surface area contributed by atoms with Crippen LogP contribution >= 0.6 is 11.6 Å². The molecule has 0 aromatic heterocycles. The first-order chi connectivity index (χ1) is 20.5. The van der Waals surface area contributed by atoms with Gasteiger partial charge in [-0.15, -0.1) is 0 Å². The van der Waals surface area contributed by atoms with Gasteiger partial charge >= 0.3 is 18.1 Å². The summed E-state index contributed by atoms with van der Waals surface area (Å²) in [7, 11) is 0.995. The highest BCUT2D eigenvalue weighted by molar-refractivity contribution is 6.32. The van der Waals surface area contributed by atoms with Gasteiger partial charge in [-0.3, -0.25) is 24.3 Å². The van der Waals surface area contributed by atoms with Crippen molar-refractivity contribution in [3.05, 3.63) is 81.0 Å². The maximum Gasteiger partial charge on any atom is 0.417 e. The quantitative estimate of drug-likeness (QED) is 0.162. The Balaban J connectivity index is 1.72. The average molecular weight is 625 g/mol. The molecule has 2 aliphatic heterocycles. The normalized spacial score (nSPS) is 18.5. The zero-order chi connectivity index (χ0) is 31.5. The van der Waals surface area contributed by atoms with Gasteiger partial charge in [-0.2, -0.15) is 13.2 Å². The van der Waals surface area contributed by atoms with Crippen molar-refractivity contribution in [2.75, 3.05) is 40.1 Å². The van der Waals surface area contributed by atoms with Crippen LogP contribution < -0.4 is 0 Å². The minimum Gasteiger partial charge on any atom is -0.468 e. The number of esters is 2. The second-order valence-electron chi connectivity index (χ2n) is 9.36. The Morgan fingerprint density at radius 2 is 1.70 bits per heavy atom. The number of hydrogen-bond donors (Lipinski definition) is 0. The SMILES string of the molecule is CCOC(=O)C1=C(COCCN2C(=O)c3ccccc3C2=O)N=C(CF)C(C(=O)OC)C1c1cccc(C(F)(F)F)c1Cl. The maximum absolute atomic E-state index is 14.3. The molecule has 228 valence electrons. The van der Waals surface area contributed by atoms with Gasteiger partial charge < -0.3 is 14.2 Å². The topological polar surface area (TPSA) is 112 Å². The third kappa shape index (κ3) is 6.18. The van der Waals surface area contributed by atoms with Gasteiger partial charge in [-0.25, -0.2) is 9.18 Å². The lowest BCUT2D eigenvalue weighted by Gasteiger charge is -2.33. The zero-order valence-corrected chi connectivity index (χ0v) is 23.6. The lowest BCUT2D eigenvalue weighted by Crippen LogP contribution is -2.39. The number of methoxy groups -OCH3 is 1. The van der Waals surface area contributed by atoms with Gasteiger partial charge in [0.1, 0.15) is 12.6 Å². The Bertz CT molecular complexity index is 1490. The van der Waals surface area contributed by atoms with Crippen molar-refractivity contribution < 1.29 is 51.0 Å². The molecule has 9 nitrogen and oxygen atoms in total. The fraction of sp³-hybridized carbons (Fsp3) is 0.345. The second-order valence-corrected chi connectivity index (χ2v) is 9.74. The minimum absolute atomic E-state index is 0.151. The van der Waals surface area contributed by atoms with Gasteiger partial charge in [0.2, 0.25) is 0 Å². The van der Waals surface area contributed by atoms with Gasteiger partial charge in [0.15, 0.2) is 0 Å². The van der Waals surface area contributed by atoms with Crippen LogP contribution in [0.5, 0.6) is 0 Å². The number of alkyl halides is 4. The Labute approximate surface area is 248 Å². The van der Waals surface area contributed by atoms with E-state index in [9.17, 15) is 36.7 Å². The van der Waals surface area contributed by atoms with Gasteiger partial charge in [0.05, 0.1) is 72.2 Å². The molecule has 2 aromatic rings. The molecule has 2 aromatic carbocycles. The van der Waals surface area contributed by atoms with Crippen molar-refractivity contribution in [2.45, 2.75) is 19.0 Å². The van der Waals surface area contributed by atoms with Crippen molar-refractivity contribution in [3.63, 3.8) is 0 Å². The molecule has 2 aliphatic rings. The summed E-state index contributed by atoms with van der Waals surface area (Å²) in [5.74, 6) is -6.40. The van der Waals surface area contributed by atoms with Crippen molar-refractivity contribution in [1.29, 1.82) is 0 Å². The molecule has 2 unspecified atom stereocenters. The van der Waals surface area contributed by atoms with Crippen LogP contribution in [-0.2, 0) is 30.0 Å². The zero-order valence-electron chi connectivity index (χ0n) is 22.9.